The Balaban J connectivity index is 1.73. The van der Waals surface area contributed by atoms with E-state index >= 15 is 0 Å². The summed E-state index contributed by atoms with van der Waals surface area (Å²) in [5.74, 6) is 1.93. The molecule has 0 unspecified atom stereocenters. The summed E-state index contributed by atoms with van der Waals surface area (Å²) < 4.78 is 8.91. The molecular formula is C27H15BrOS. The summed E-state index contributed by atoms with van der Waals surface area (Å²) in [6.45, 7) is 0. The third-order valence-electron chi connectivity index (χ3n) is 6.40. The molecule has 1 aromatic heterocycles. The van der Waals surface area contributed by atoms with Crippen LogP contribution in [0, 0.1) is 0 Å². The van der Waals surface area contributed by atoms with E-state index in [0.717, 1.165) is 16.0 Å². The lowest BCUT2D eigenvalue weighted by molar-refractivity contribution is 0.447. The summed E-state index contributed by atoms with van der Waals surface area (Å²) in [4.78, 5) is 1.27. The first-order valence-corrected chi connectivity index (χ1v) is 11.6. The maximum absolute atomic E-state index is 6.59. The number of rotatable bonds is 0. The molecule has 7 rings (SSSR count). The van der Waals surface area contributed by atoms with E-state index in [2.05, 4.69) is 107 Å². The van der Waals surface area contributed by atoms with E-state index in [1.54, 1.807) is 0 Å². The largest absolute Gasteiger partial charge is 0.455 e. The maximum atomic E-state index is 6.59. The number of para-hydroxylation sites is 1. The van der Waals surface area contributed by atoms with Crippen molar-refractivity contribution in [1.29, 1.82) is 0 Å². The van der Waals surface area contributed by atoms with Gasteiger partial charge in [0, 0.05) is 20.1 Å². The van der Waals surface area contributed by atoms with Gasteiger partial charge in [0.05, 0.1) is 10.3 Å². The molecule has 3 heteroatoms. The van der Waals surface area contributed by atoms with Gasteiger partial charge in [0.15, 0.2) is 5.75 Å². The Morgan fingerprint density at radius 1 is 0.700 bits per heavy atom. The van der Waals surface area contributed by atoms with Crippen LogP contribution in [0.4, 0.5) is 0 Å². The molecule has 0 saturated carbocycles. The van der Waals surface area contributed by atoms with Crippen molar-refractivity contribution in [2.24, 2.45) is 0 Å². The van der Waals surface area contributed by atoms with Gasteiger partial charge in [0.25, 0.3) is 0 Å². The van der Waals surface area contributed by atoms with E-state index in [1.165, 1.54) is 42.8 Å². The van der Waals surface area contributed by atoms with Gasteiger partial charge >= 0.3 is 0 Å². The van der Waals surface area contributed by atoms with E-state index in [-0.39, 0.29) is 5.41 Å². The average Bonchev–Trinajstić information content (AvgIpc) is 3.29. The topological polar surface area (TPSA) is 9.23 Å². The fraction of sp³-hybridized carbons (Fsp3) is 0.0370. The predicted molar refractivity (Wildman–Crippen MR) is 127 cm³/mol. The van der Waals surface area contributed by atoms with Crippen molar-refractivity contribution in [2.45, 2.75) is 5.41 Å². The van der Waals surface area contributed by atoms with Crippen molar-refractivity contribution >= 4 is 37.4 Å². The number of hydrogen-bond acceptors (Lipinski definition) is 2. The van der Waals surface area contributed by atoms with Gasteiger partial charge in [-0.3, -0.25) is 0 Å². The van der Waals surface area contributed by atoms with Crippen molar-refractivity contribution in [1.82, 2.24) is 0 Å². The molecular weight excluding hydrogens is 452 g/mol. The Kier molecular flexibility index (Phi) is 3.28. The van der Waals surface area contributed by atoms with Gasteiger partial charge in [0.2, 0.25) is 0 Å². The highest BCUT2D eigenvalue weighted by atomic mass is 79.9. The van der Waals surface area contributed by atoms with Gasteiger partial charge in [-0.25, -0.2) is 0 Å². The molecule has 1 aliphatic heterocycles. The monoisotopic (exact) mass is 466 g/mol. The quantitative estimate of drug-likeness (QED) is 0.219. The molecule has 2 heterocycles. The van der Waals surface area contributed by atoms with Crippen molar-refractivity contribution in [2.75, 3.05) is 0 Å². The Labute approximate surface area is 186 Å². The molecule has 0 radical (unpaired) electrons. The van der Waals surface area contributed by atoms with E-state index < -0.39 is 0 Å². The van der Waals surface area contributed by atoms with Crippen molar-refractivity contribution < 1.29 is 4.74 Å². The second-order valence-corrected chi connectivity index (χ2v) is 9.81. The van der Waals surface area contributed by atoms with Crippen LogP contribution in [0.2, 0.25) is 0 Å². The molecule has 5 aromatic rings. The van der Waals surface area contributed by atoms with Crippen LogP contribution in [0.1, 0.15) is 21.6 Å². The molecule has 30 heavy (non-hydrogen) atoms. The van der Waals surface area contributed by atoms with Crippen LogP contribution in [-0.4, -0.2) is 0 Å². The molecule has 4 aromatic carbocycles. The number of hydrogen-bond donors (Lipinski definition) is 0. The second kappa shape index (κ2) is 5.84. The maximum Gasteiger partial charge on any atom is 0.150 e. The summed E-state index contributed by atoms with van der Waals surface area (Å²) in [6.07, 6.45) is 0. The Hall–Kier alpha value is -2.88. The fourth-order valence-corrected chi connectivity index (χ4v) is 6.97. The molecule has 2 aliphatic rings. The van der Waals surface area contributed by atoms with E-state index in [1.807, 2.05) is 11.3 Å². The zero-order chi connectivity index (χ0) is 19.9. The minimum atomic E-state index is -0.354. The van der Waals surface area contributed by atoms with Gasteiger partial charge in [-0.05, 0) is 46.5 Å². The summed E-state index contributed by atoms with van der Waals surface area (Å²) in [7, 11) is 0. The number of ether oxygens (including phenoxy) is 1. The fourth-order valence-electron chi connectivity index (χ4n) is 5.26. The zero-order valence-electron chi connectivity index (χ0n) is 15.9. The minimum Gasteiger partial charge on any atom is -0.455 e. The highest BCUT2D eigenvalue weighted by molar-refractivity contribution is 9.10. The van der Waals surface area contributed by atoms with E-state index in [9.17, 15) is 0 Å². The first kappa shape index (κ1) is 16.9. The standard InChI is InChI=1S/C27H15BrOS/c28-16-13-14-24-19(15-16)25-26(30-24)27(22-11-5-6-12-23(22)29-25)20-9-3-1-7-17(20)18-8-2-4-10-21(18)27/h1-15H. The summed E-state index contributed by atoms with van der Waals surface area (Å²) >= 11 is 5.50. The number of halogens is 1. The summed E-state index contributed by atoms with van der Waals surface area (Å²) in [5.41, 5.74) is 6.18. The van der Waals surface area contributed by atoms with Gasteiger partial charge < -0.3 is 4.74 Å². The SMILES string of the molecule is Brc1ccc2sc3c(c2c1)Oc1ccccc1C31c2ccccc2-c2ccccc21. The third-order valence-corrected chi connectivity index (χ3v) is 8.17. The third kappa shape index (κ3) is 1.93. The van der Waals surface area contributed by atoms with Crippen LogP contribution in [0.3, 0.4) is 0 Å². The van der Waals surface area contributed by atoms with Crippen LogP contribution in [0.15, 0.2) is 95.5 Å². The highest BCUT2D eigenvalue weighted by Gasteiger charge is 2.52. The lowest BCUT2D eigenvalue weighted by Crippen LogP contribution is -2.30. The molecule has 0 atom stereocenters. The molecule has 0 bridgehead atoms. The van der Waals surface area contributed by atoms with Gasteiger partial charge in [-0.15, -0.1) is 11.3 Å². The Bertz CT molecular complexity index is 1450. The molecule has 142 valence electrons. The molecule has 1 nitrogen and oxygen atoms in total. The molecule has 0 fully saturated rings. The lowest BCUT2D eigenvalue weighted by atomic mass is 9.69. The first-order valence-electron chi connectivity index (χ1n) is 9.98. The van der Waals surface area contributed by atoms with Crippen molar-refractivity contribution in [3.63, 3.8) is 0 Å². The Morgan fingerprint density at radius 3 is 2.07 bits per heavy atom. The average molecular weight is 467 g/mol. The van der Waals surface area contributed by atoms with Gasteiger partial charge in [0.1, 0.15) is 5.75 Å². The van der Waals surface area contributed by atoms with Crippen LogP contribution in [-0.2, 0) is 5.41 Å². The number of benzene rings is 4. The number of thiophene rings is 1. The van der Waals surface area contributed by atoms with Crippen LogP contribution < -0.4 is 4.74 Å². The van der Waals surface area contributed by atoms with Crippen LogP contribution >= 0.6 is 27.3 Å². The van der Waals surface area contributed by atoms with Crippen LogP contribution in [0.5, 0.6) is 11.5 Å². The minimum absolute atomic E-state index is 0.354. The van der Waals surface area contributed by atoms with E-state index in [0.29, 0.717) is 0 Å². The smallest absolute Gasteiger partial charge is 0.150 e. The van der Waals surface area contributed by atoms with Gasteiger partial charge in [-0.2, -0.15) is 0 Å². The second-order valence-electron chi connectivity index (χ2n) is 7.84. The molecule has 1 aliphatic carbocycles. The first-order chi connectivity index (χ1) is 14.8. The zero-order valence-corrected chi connectivity index (χ0v) is 18.3. The summed E-state index contributed by atoms with van der Waals surface area (Å²) in [6, 6.07) is 32.7. The summed E-state index contributed by atoms with van der Waals surface area (Å²) in [5, 5.41) is 1.17. The molecule has 0 amide bonds. The van der Waals surface area contributed by atoms with Crippen molar-refractivity contribution in [3.8, 4) is 22.6 Å². The number of fused-ring (bicyclic) bond motifs is 11. The van der Waals surface area contributed by atoms with Gasteiger partial charge in [-0.1, -0.05) is 82.7 Å². The van der Waals surface area contributed by atoms with Crippen molar-refractivity contribution in [3.05, 3.63) is 117 Å². The molecule has 1 spiro atoms. The lowest BCUT2D eigenvalue weighted by Gasteiger charge is -2.37. The molecule has 0 N–H and O–H groups in total. The van der Waals surface area contributed by atoms with E-state index in [4.69, 9.17) is 4.74 Å². The van der Waals surface area contributed by atoms with Crippen LogP contribution in [0.25, 0.3) is 21.2 Å². The normalized spacial score (nSPS) is 14.7. The molecule has 0 saturated heterocycles. The highest BCUT2D eigenvalue weighted by Crippen LogP contribution is 2.64. The Morgan fingerprint density at radius 2 is 1.33 bits per heavy atom. The predicted octanol–water partition coefficient (Wildman–Crippen LogP) is 8.13.